The van der Waals surface area contributed by atoms with Crippen LogP contribution in [0.2, 0.25) is 0 Å². The number of methoxy groups -OCH3 is 1. The van der Waals surface area contributed by atoms with Crippen LogP contribution >= 0.6 is 0 Å². The second kappa shape index (κ2) is 9.43. The third kappa shape index (κ3) is 5.15. The fourth-order valence-corrected chi connectivity index (χ4v) is 3.49. The van der Waals surface area contributed by atoms with Gasteiger partial charge in [-0.2, -0.15) is 0 Å². The summed E-state index contributed by atoms with van der Waals surface area (Å²) in [6, 6.07) is 7.78. The molecule has 2 heterocycles. The average molecular weight is 389 g/mol. The Morgan fingerprint density at radius 1 is 1.21 bits per heavy atom. The lowest BCUT2D eigenvalue weighted by molar-refractivity contribution is -0.138. The van der Waals surface area contributed by atoms with Crippen LogP contribution in [0.4, 0.5) is 4.79 Å². The van der Waals surface area contributed by atoms with E-state index < -0.39 is 0 Å². The molecule has 2 aliphatic heterocycles. The van der Waals surface area contributed by atoms with Crippen molar-refractivity contribution in [3.05, 3.63) is 29.8 Å². The Morgan fingerprint density at radius 2 is 2.00 bits per heavy atom. The minimum atomic E-state index is -0.331. The Hall–Kier alpha value is -2.77. The first kappa shape index (κ1) is 20.0. The number of hydrogen-bond donors (Lipinski definition) is 1. The smallest absolute Gasteiger partial charge is 0.409 e. The second-order valence-corrected chi connectivity index (χ2v) is 7.07. The fourth-order valence-electron chi connectivity index (χ4n) is 3.49. The molecule has 152 valence electrons. The van der Waals surface area contributed by atoms with E-state index in [9.17, 15) is 14.4 Å². The summed E-state index contributed by atoms with van der Waals surface area (Å²) in [6.45, 7) is 2.83. The molecule has 1 aromatic carbocycles. The van der Waals surface area contributed by atoms with Crippen molar-refractivity contribution in [3.63, 3.8) is 0 Å². The SMILES string of the molecule is COc1ccc(CCN2C[C@H](C(=O)NCCN3CCOC3=O)CCC2=O)cc1. The van der Waals surface area contributed by atoms with Crippen molar-refractivity contribution in [1.29, 1.82) is 0 Å². The van der Waals surface area contributed by atoms with Crippen molar-refractivity contribution in [2.75, 3.05) is 46.4 Å². The van der Waals surface area contributed by atoms with Gasteiger partial charge in [0.15, 0.2) is 0 Å². The van der Waals surface area contributed by atoms with Crippen LogP contribution < -0.4 is 10.1 Å². The van der Waals surface area contributed by atoms with E-state index in [2.05, 4.69) is 5.32 Å². The highest BCUT2D eigenvalue weighted by molar-refractivity contribution is 5.83. The van der Waals surface area contributed by atoms with Crippen LogP contribution in [0.1, 0.15) is 18.4 Å². The number of piperidine rings is 1. The molecule has 8 nitrogen and oxygen atoms in total. The number of ether oxygens (including phenoxy) is 2. The van der Waals surface area contributed by atoms with Gasteiger partial charge in [0.2, 0.25) is 11.8 Å². The highest BCUT2D eigenvalue weighted by Gasteiger charge is 2.30. The Kier molecular flexibility index (Phi) is 6.73. The van der Waals surface area contributed by atoms with E-state index in [1.54, 1.807) is 16.9 Å². The summed E-state index contributed by atoms with van der Waals surface area (Å²) in [4.78, 5) is 39.4. The second-order valence-electron chi connectivity index (χ2n) is 7.07. The average Bonchev–Trinajstić information content (AvgIpc) is 3.12. The van der Waals surface area contributed by atoms with Crippen LogP contribution in [0, 0.1) is 5.92 Å². The number of carbonyl (C=O) groups is 3. The molecule has 28 heavy (non-hydrogen) atoms. The Morgan fingerprint density at radius 3 is 2.68 bits per heavy atom. The molecule has 0 radical (unpaired) electrons. The van der Waals surface area contributed by atoms with Gasteiger partial charge in [-0.05, 0) is 30.5 Å². The van der Waals surface area contributed by atoms with Crippen molar-refractivity contribution < 1.29 is 23.9 Å². The van der Waals surface area contributed by atoms with E-state index in [0.717, 1.165) is 17.7 Å². The molecular weight excluding hydrogens is 362 g/mol. The Labute approximate surface area is 164 Å². The van der Waals surface area contributed by atoms with E-state index in [-0.39, 0.29) is 23.8 Å². The number of carbonyl (C=O) groups excluding carboxylic acids is 3. The lowest BCUT2D eigenvalue weighted by Gasteiger charge is -2.32. The first-order chi connectivity index (χ1) is 13.6. The summed E-state index contributed by atoms with van der Waals surface area (Å²) in [7, 11) is 1.63. The van der Waals surface area contributed by atoms with Crippen LogP contribution in [0.5, 0.6) is 5.75 Å². The van der Waals surface area contributed by atoms with Gasteiger partial charge < -0.3 is 24.6 Å². The molecule has 3 amide bonds. The molecule has 1 aromatic rings. The van der Waals surface area contributed by atoms with E-state index >= 15 is 0 Å². The van der Waals surface area contributed by atoms with Crippen LogP contribution in [-0.4, -0.2) is 74.1 Å². The van der Waals surface area contributed by atoms with Gasteiger partial charge in [0.05, 0.1) is 19.6 Å². The molecule has 8 heteroatoms. The first-order valence-electron chi connectivity index (χ1n) is 9.67. The summed E-state index contributed by atoms with van der Waals surface area (Å²) >= 11 is 0. The van der Waals surface area contributed by atoms with Gasteiger partial charge in [-0.1, -0.05) is 12.1 Å². The van der Waals surface area contributed by atoms with Crippen molar-refractivity contribution in [2.24, 2.45) is 5.92 Å². The van der Waals surface area contributed by atoms with Gasteiger partial charge in [0.25, 0.3) is 0 Å². The lowest BCUT2D eigenvalue weighted by Crippen LogP contribution is -2.47. The van der Waals surface area contributed by atoms with Crippen LogP contribution in [0.3, 0.4) is 0 Å². The third-order valence-corrected chi connectivity index (χ3v) is 5.23. The zero-order chi connectivity index (χ0) is 19.9. The zero-order valence-corrected chi connectivity index (χ0v) is 16.2. The van der Waals surface area contributed by atoms with Crippen LogP contribution in [0.25, 0.3) is 0 Å². The number of hydrogen-bond acceptors (Lipinski definition) is 5. The van der Waals surface area contributed by atoms with E-state index in [4.69, 9.17) is 9.47 Å². The lowest BCUT2D eigenvalue weighted by atomic mass is 9.96. The molecule has 0 saturated carbocycles. The van der Waals surface area contributed by atoms with E-state index in [1.165, 1.54) is 0 Å². The minimum Gasteiger partial charge on any atom is -0.497 e. The molecule has 1 N–H and O–H groups in total. The molecule has 2 aliphatic rings. The summed E-state index contributed by atoms with van der Waals surface area (Å²) in [5.41, 5.74) is 1.12. The molecule has 0 bridgehead atoms. The van der Waals surface area contributed by atoms with Gasteiger partial charge in [-0.25, -0.2) is 4.79 Å². The van der Waals surface area contributed by atoms with Crippen molar-refractivity contribution in [2.45, 2.75) is 19.3 Å². The van der Waals surface area contributed by atoms with Crippen molar-refractivity contribution >= 4 is 17.9 Å². The van der Waals surface area contributed by atoms with E-state index in [0.29, 0.717) is 52.2 Å². The van der Waals surface area contributed by atoms with Gasteiger partial charge in [0.1, 0.15) is 12.4 Å². The highest BCUT2D eigenvalue weighted by atomic mass is 16.6. The number of nitrogens with one attached hydrogen (secondary N) is 1. The molecule has 0 spiro atoms. The number of benzene rings is 1. The minimum absolute atomic E-state index is 0.0606. The van der Waals surface area contributed by atoms with Gasteiger partial charge in [0, 0.05) is 32.6 Å². The maximum atomic E-state index is 12.5. The molecule has 3 rings (SSSR count). The standard InChI is InChI=1S/C20H27N3O5/c1-27-17-5-2-15(3-6-17)8-10-23-14-16(4-7-18(23)24)19(25)21-9-11-22-12-13-28-20(22)26/h2-3,5-6,16H,4,7-14H2,1H3,(H,21,25)/t16-/m1/s1. The molecule has 0 aliphatic carbocycles. The topological polar surface area (TPSA) is 88.2 Å². The quantitative estimate of drug-likeness (QED) is 0.718. The third-order valence-electron chi connectivity index (χ3n) is 5.23. The number of amides is 3. The molecular formula is C20H27N3O5. The normalized spacial score (nSPS) is 19.5. The van der Waals surface area contributed by atoms with Crippen molar-refractivity contribution in [3.8, 4) is 5.75 Å². The molecule has 0 aromatic heterocycles. The summed E-state index contributed by atoms with van der Waals surface area (Å²) in [5, 5.41) is 2.88. The number of nitrogens with zero attached hydrogens (tertiary/aromatic N) is 2. The number of rotatable bonds is 8. The van der Waals surface area contributed by atoms with Crippen LogP contribution in [0.15, 0.2) is 24.3 Å². The Bertz CT molecular complexity index is 706. The zero-order valence-electron chi connectivity index (χ0n) is 16.2. The van der Waals surface area contributed by atoms with E-state index in [1.807, 2.05) is 24.3 Å². The molecule has 2 saturated heterocycles. The predicted octanol–water partition coefficient (Wildman–Crippen LogP) is 1.04. The largest absolute Gasteiger partial charge is 0.497 e. The van der Waals surface area contributed by atoms with Gasteiger partial charge >= 0.3 is 6.09 Å². The fraction of sp³-hybridized carbons (Fsp3) is 0.550. The van der Waals surface area contributed by atoms with Crippen molar-refractivity contribution in [1.82, 2.24) is 15.1 Å². The number of likely N-dealkylation sites (tertiary alicyclic amines) is 1. The Balaban J connectivity index is 1.44. The monoisotopic (exact) mass is 389 g/mol. The molecule has 1 atom stereocenters. The van der Waals surface area contributed by atoms with Gasteiger partial charge in [-0.15, -0.1) is 0 Å². The summed E-state index contributed by atoms with van der Waals surface area (Å²) < 4.78 is 10.0. The molecule has 0 unspecified atom stereocenters. The number of cyclic esters (lactones) is 1. The summed E-state index contributed by atoms with van der Waals surface area (Å²) in [6.07, 6.45) is 1.36. The van der Waals surface area contributed by atoms with Crippen LogP contribution in [-0.2, 0) is 20.7 Å². The predicted molar refractivity (Wildman–Crippen MR) is 102 cm³/mol. The highest BCUT2D eigenvalue weighted by Crippen LogP contribution is 2.19. The maximum absolute atomic E-state index is 12.5. The molecule has 2 fully saturated rings. The maximum Gasteiger partial charge on any atom is 0.409 e. The van der Waals surface area contributed by atoms with Gasteiger partial charge in [-0.3, -0.25) is 9.59 Å². The first-order valence-corrected chi connectivity index (χ1v) is 9.67. The summed E-state index contributed by atoms with van der Waals surface area (Å²) in [5.74, 6) is 0.628.